The van der Waals surface area contributed by atoms with Crippen molar-refractivity contribution in [3.63, 3.8) is 0 Å². The molecule has 2 N–H and O–H groups in total. The molecule has 0 saturated carbocycles. The Hall–Kier alpha value is -2.09. The molecule has 2 aromatic carbocycles. The summed E-state index contributed by atoms with van der Waals surface area (Å²) in [5.41, 5.74) is 3.49. The van der Waals surface area contributed by atoms with E-state index in [1.54, 1.807) is 44.2 Å². The minimum atomic E-state index is -3.86. The van der Waals surface area contributed by atoms with Gasteiger partial charge < -0.3 is 4.74 Å². The van der Waals surface area contributed by atoms with E-state index in [-0.39, 0.29) is 11.5 Å². The highest BCUT2D eigenvalue weighted by Gasteiger charge is 2.18. The minimum Gasteiger partial charge on any atom is -0.482 e. The van der Waals surface area contributed by atoms with Gasteiger partial charge in [-0.1, -0.05) is 35.9 Å². The fourth-order valence-electron chi connectivity index (χ4n) is 1.92. The van der Waals surface area contributed by atoms with Gasteiger partial charge in [-0.2, -0.15) is 0 Å². The van der Waals surface area contributed by atoms with Crippen LogP contribution >= 0.6 is 11.6 Å². The van der Waals surface area contributed by atoms with Crippen molar-refractivity contribution >= 4 is 27.5 Å². The number of aryl methyl sites for hydroxylation is 2. The number of benzene rings is 2. The molecule has 0 spiro atoms. The predicted octanol–water partition coefficient (Wildman–Crippen LogP) is 2.35. The SMILES string of the molecule is Cc1ccc(C)c(S(=O)(=O)NNC(=O)COc2ccccc2Cl)c1. The lowest BCUT2D eigenvalue weighted by molar-refractivity contribution is -0.123. The molecule has 0 bridgehead atoms. The molecule has 1 amide bonds. The van der Waals surface area contributed by atoms with Crippen LogP contribution in [0.3, 0.4) is 0 Å². The van der Waals surface area contributed by atoms with Gasteiger partial charge in [0.2, 0.25) is 0 Å². The highest BCUT2D eigenvalue weighted by Crippen LogP contribution is 2.22. The van der Waals surface area contributed by atoms with Crippen LogP contribution in [-0.4, -0.2) is 20.9 Å². The van der Waals surface area contributed by atoms with Gasteiger partial charge in [0.1, 0.15) is 5.75 Å². The number of sulfonamides is 1. The number of halogens is 1. The second-order valence-corrected chi connectivity index (χ2v) is 7.20. The second-order valence-electron chi connectivity index (χ2n) is 5.14. The average molecular weight is 369 g/mol. The van der Waals surface area contributed by atoms with Crippen LogP contribution in [-0.2, 0) is 14.8 Å². The van der Waals surface area contributed by atoms with E-state index in [4.69, 9.17) is 16.3 Å². The van der Waals surface area contributed by atoms with Crippen LogP contribution < -0.4 is 15.0 Å². The largest absolute Gasteiger partial charge is 0.482 e. The summed E-state index contributed by atoms with van der Waals surface area (Å²) in [7, 11) is -3.86. The number of carbonyl (C=O) groups is 1. The van der Waals surface area contributed by atoms with Crippen molar-refractivity contribution in [1.82, 2.24) is 10.3 Å². The van der Waals surface area contributed by atoms with Crippen LogP contribution in [0.5, 0.6) is 5.75 Å². The Morgan fingerprint density at radius 1 is 1.17 bits per heavy atom. The van der Waals surface area contributed by atoms with Gasteiger partial charge in [-0.15, -0.1) is 4.83 Å². The molecule has 24 heavy (non-hydrogen) atoms. The number of rotatable bonds is 6. The van der Waals surface area contributed by atoms with Crippen LogP contribution in [0, 0.1) is 13.8 Å². The first-order valence-electron chi connectivity index (χ1n) is 7.05. The van der Waals surface area contributed by atoms with Crippen molar-refractivity contribution in [1.29, 1.82) is 0 Å². The van der Waals surface area contributed by atoms with E-state index in [1.165, 1.54) is 6.07 Å². The molecule has 0 fully saturated rings. The molecule has 0 saturated heterocycles. The van der Waals surface area contributed by atoms with Crippen molar-refractivity contribution in [2.24, 2.45) is 0 Å². The van der Waals surface area contributed by atoms with Gasteiger partial charge in [-0.3, -0.25) is 10.2 Å². The van der Waals surface area contributed by atoms with E-state index in [0.717, 1.165) is 5.56 Å². The lowest BCUT2D eigenvalue weighted by Gasteiger charge is -2.12. The molecule has 0 aliphatic carbocycles. The highest BCUT2D eigenvalue weighted by molar-refractivity contribution is 7.89. The molecule has 0 atom stereocenters. The van der Waals surface area contributed by atoms with E-state index in [2.05, 4.69) is 10.3 Å². The fourth-order valence-corrected chi connectivity index (χ4v) is 3.30. The first-order valence-corrected chi connectivity index (χ1v) is 8.91. The third-order valence-electron chi connectivity index (χ3n) is 3.15. The maximum Gasteiger partial charge on any atom is 0.272 e. The number of nitrogens with one attached hydrogen (secondary N) is 2. The summed E-state index contributed by atoms with van der Waals surface area (Å²) in [5.74, 6) is -0.310. The number of hydrogen-bond donors (Lipinski definition) is 2. The molecule has 2 rings (SSSR count). The monoisotopic (exact) mass is 368 g/mol. The molecule has 0 unspecified atom stereocenters. The Bertz CT molecular complexity index is 853. The summed E-state index contributed by atoms with van der Waals surface area (Å²) < 4.78 is 29.7. The number of para-hydroxylation sites is 1. The zero-order valence-electron chi connectivity index (χ0n) is 13.2. The first kappa shape index (κ1) is 18.3. The summed E-state index contributed by atoms with van der Waals surface area (Å²) in [5, 5.41) is 0.362. The Kier molecular flexibility index (Phi) is 5.82. The zero-order chi connectivity index (χ0) is 17.7. The molecule has 6 nitrogen and oxygen atoms in total. The summed E-state index contributed by atoms with van der Waals surface area (Å²) >= 11 is 5.90. The third kappa shape index (κ3) is 4.70. The van der Waals surface area contributed by atoms with Gasteiger partial charge in [0.05, 0.1) is 9.92 Å². The third-order valence-corrected chi connectivity index (χ3v) is 4.86. The minimum absolute atomic E-state index is 0.106. The van der Waals surface area contributed by atoms with Gasteiger partial charge in [-0.25, -0.2) is 8.42 Å². The van der Waals surface area contributed by atoms with E-state index < -0.39 is 15.9 Å². The predicted molar refractivity (Wildman–Crippen MR) is 91.3 cm³/mol. The van der Waals surface area contributed by atoms with Crippen molar-refractivity contribution in [3.8, 4) is 5.75 Å². The molecule has 0 radical (unpaired) electrons. The Morgan fingerprint density at radius 3 is 2.58 bits per heavy atom. The maximum absolute atomic E-state index is 12.3. The van der Waals surface area contributed by atoms with Crippen LogP contribution in [0.2, 0.25) is 5.02 Å². The molecule has 0 aliphatic rings. The summed E-state index contributed by atoms with van der Waals surface area (Å²) in [4.78, 5) is 13.9. The van der Waals surface area contributed by atoms with E-state index in [0.29, 0.717) is 16.3 Å². The molecule has 0 heterocycles. The molecule has 128 valence electrons. The van der Waals surface area contributed by atoms with Crippen molar-refractivity contribution < 1.29 is 17.9 Å². The zero-order valence-corrected chi connectivity index (χ0v) is 14.7. The van der Waals surface area contributed by atoms with Crippen LogP contribution in [0.15, 0.2) is 47.4 Å². The quantitative estimate of drug-likeness (QED) is 0.766. The van der Waals surface area contributed by atoms with Crippen molar-refractivity contribution in [2.75, 3.05) is 6.61 Å². The van der Waals surface area contributed by atoms with Gasteiger partial charge in [0, 0.05) is 0 Å². The molecular formula is C16H17ClN2O4S. The second kappa shape index (κ2) is 7.65. The number of carbonyl (C=O) groups excluding carboxylic acids is 1. The van der Waals surface area contributed by atoms with Crippen LogP contribution in [0.25, 0.3) is 0 Å². The lowest BCUT2D eigenvalue weighted by Crippen LogP contribution is -2.43. The smallest absolute Gasteiger partial charge is 0.272 e. The van der Waals surface area contributed by atoms with Crippen LogP contribution in [0.1, 0.15) is 11.1 Å². The van der Waals surface area contributed by atoms with Gasteiger partial charge in [-0.05, 0) is 43.2 Å². The van der Waals surface area contributed by atoms with Gasteiger partial charge in [0.15, 0.2) is 6.61 Å². The Labute approximate surface area is 145 Å². The topological polar surface area (TPSA) is 84.5 Å². The molecule has 0 aromatic heterocycles. The number of hydrazine groups is 1. The van der Waals surface area contributed by atoms with E-state index in [9.17, 15) is 13.2 Å². The van der Waals surface area contributed by atoms with Crippen LogP contribution in [0.4, 0.5) is 0 Å². The molecule has 2 aromatic rings. The van der Waals surface area contributed by atoms with Gasteiger partial charge in [0.25, 0.3) is 15.9 Å². The van der Waals surface area contributed by atoms with E-state index in [1.807, 2.05) is 6.07 Å². The average Bonchev–Trinajstić information content (AvgIpc) is 2.54. The number of amides is 1. The number of hydrogen-bond acceptors (Lipinski definition) is 4. The first-order chi connectivity index (χ1) is 11.3. The molecule has 0 aliphatic heterocycles. The Morgan fingerprint density at radius 2 is 1.88 bits per heavy atom. The molecular weight excluding hydrogens is 352 g/mol. The van der Waals surface area contributed by atoms with E-state index >= 15 is 0 Å². The molecule has 8 heteroatoms. The number of ether oxygens (including phenoxy) is 1. The Balaban J connectivity index is 1.95. The normalized spacial score (nSPS) is 11.1. The summed E-state index contributed by atoms with van der Waals surface area (Å²) in [6, 6.07) is 11.7. The van der Waals surface area contributed by atoms with Crippen molar-refractivity contribution in [2.45, 2.75) is 18.7 Å². The maximum atomic E-state index is 12.3. The summed E-state index contributed by atoms with van der Waals surface area (Å²) in [6.07, 6.45) is 0. The lowest BCUT2D eigenvalue weighted by atomic mass is 10.2. The summed E-state index contributed by atoms with van der Waals surface area (Å²) in [6.45, 7) is 3.09. The van der Waals surface area contributed by atoms with Gasteiger partial charge >= 0.3 is 0 Å². The van der Waals surface area contributed by atoms with Crippen molar-refractivity contribution in [3.05, 3.63) is 58.6 Å². The highest BCUT2D eigenvalue weighted by atomic mass is 35.5. The standard InChI is InChI=1S/C16H17ClN2O4S/c1-11-7-8-12(2)15(9-11)24(21,22)19-18-16(20)10-23-14-6-4-3-5-13(14)17/h3-9,19H,10H2,1-2H3,(H,18,20). The fraction of sp³-hybridized carbons (Fsp3) is 0.188.